The standard InChI is InChI=1S/C12H16O/c1-3-11-6-8-12(9-7-11)5-4-10-13-2/h4,6-10H,3,5H2,1-2H3/b10-4+. The first kappa shape index (κ1) is 9.85. The lowest BCUT2D eigenvalue weighted by molar-refractivity contribution is 0.337. The summed E-state index contributed by atoms with van der Waals surface area (Å²) in [6, 6.07) is 8.68. The van der Waals surface area contributed by atoms with Crippen LogP contribution in [0.2, 0.25) is 0 Å². The van der Waals surface area contributed by atoms with Crippen molar-refractivity contribution in [2.45, 2.75) is 19.8 Å². The lowest BCUT2D eigenvalue weighted by Crippen LogP contribution is -1.83. The number of aryl methyl sites for hydroxylation is 1. The molecule has 0 heterocycles. The van der Waals surface area contributed by atoms with E-state index in [2.05, 4.69) is 31.2 Å². The predicted octanol–water partition coefficient (Wildman–Crippen LogP) is 2.95. The number of methoxy groups -OCH3 is 1. The van der Waals surface area contributed by atoms with E-state index in [1.54, 1.807) is 13.4 Å². The fraction of sp³-hybridized carbons (Fsp3) is 0.333. The van der Waals surface area contributed by atoms with E-state index in [0.717, 1.165) is 12.8 Å². The molecule has 0 aliphatic rings. The van der Waals surface area contributed by atoms with Crippen LogP contribution in [0.25, 0.3) is 0 Å². The van der Waals surface area contributed by atoms with Gasteiger partial charge in [0.2, 0.25) is 0 Å². The summed E-state index contributed by atoms with van der Waals surface area (Å²) >= 11 is 0. The highest BCUT2D eigenvalue weighted by molar-refractivity contribution is 5.23. The van der Waals surface area contributed by atoms with Gasteiger partial charge in [0.15, 0.2) is 0 Å². The van der Waals surface area contributed by atoms with Gasteiger partial charge in [0.25, 0.3) is 0 Å². The Bertz CT molecular complexity index is 259. The van der Waals surface area contributed by atoms with Crippen LogP contribution in [-0.2, 0) is 17.6 Å². The Hall–Kier alpha value is -1.24. The lowest BCUT2D eigenvalue weighted by atomic mass is 10.1. The Morgan fingerprint density at radius 2 is 1.77 bits per heavy atom. The summed E-state index contributed by atoms with van der Waals surface area (Å²) in [6.07, 6.45) is 5.78. The molecule has 0 fully saturated rings. The summed E-state index contributed by atoms with van der Waals surface area (Å²) in [5.41, 5.74) is 2.71. The molecule has 13 heavy (non-hydrogen) atoms. The third-order valence-electron chi connectivity index (χ3n) is 2.02. The van der Waals surface area contributed by atoms with E-state index < -0.39 is 0 Å². The van der Waals surface area contributed by atoms with Crippen LogP contribution in [0.3, 0.4) is 0 Å². The molecule has 0 aromatic heterocycles. The molecule has 1 aromatic rings. The molecule has 0 unspecified atom stereocenters. The Balaban J connectivity index is 2.54. The van der Waals surface area contributed by atoms with E-state index in [1.165, 1.54) is 11.1 Å². The van der Waals surface area contributed by atoms with Gasteiger partial charge in [0.05, 0.1) is 13.4 Å². The first-order chi connectivity index (χ1) is 6.36. The maximum Gasteiger partial charge on any atom is 0.0788 e. The maximum atomic E-state index is 4.83. The molecule has 70 valence electrons. The molecule has 0 aliphatic heterocycles. The third kappa shape index (κ3) is 3.32. The summed E-state index contributed by atoms with van der Waals surface area (Å²) < 4.78 is 4.83. The lowest BCUT2D eigenvalue weighted by Gasteiger charge is -1.98. The van der Waals surface area contributed by atoms with Crippen molar-refractivity contribution in [3.63, 3.8) is 0 Å². The van der Waals surface area contributed by atoms with Crippen molar-refractivity contribution in [2.75, 3.05) is 7.11 Å². The molecule has 0 amide bonds. The van der Waals surface area contributed by atoms with E-state index in [-0.39, 0.29) is 0 Å². The summed E-state index contributed by atoms with van der Waals surface area (Å²) in [7, 11) is 1.66. The minimum Gasteiger partial charge on any atom is -0.505 e. The van der Waals surface area contributed by atoms with Crippen molar-refractivity contribution < 1.29 is 4.74 Å². The van der Waals surface area contributed by atoms with Gasteiger partial charge in [-0.2, -0.15) is 0 Å². The second-order valence-electron chi connectivity index (χ2n) is 2.98. The van der Waals surface area contributed by atoms with E-state index >= 15 is 0 Å². The van der Waals surface area contributed by atoms with E-state index in [1.807, 2.05) is 6.08 Å². The van der Waals surface area contributed by atoms with Gasteiger partial charge in [0.1, 0.15) is 0 Å². The zero-order chi connectivity index (χ0) is 9.52. The molecule has 1 nitrogen and oxygen atoms in total. The minimum absolute atomic E-state index is 0.942. The van der Waals surface area contributed by atoms with Gasteiger partial charge < -0.3 is 4.74 Å². The molecule has 0 bridgehead atoms. The molecule has 0 saturated carbocycles. The number of hydrogen-bond acceptors (Lipinski definition) is 1. The Labute approximate surface area is 80.0 Å². The fourth-order valence-corrected chi connectivity index (χ4v) is 1.19. The molecular formula is C12H16O. The van der Waals surface area contributed by atoms with Gasteiger partial charge in [0, 0.05) is 0 Å². The highest BCUT2D eigenvalue weighted by Crippen LogP contribution is 2.05. The zero-order valence-electron chi connectivity index (χ0n) is 8.29. The molecule has 1 rings (SSSR count). The van der Waals surface area contributed by atoms with Crippen LogP contribution in [0.4, 0.5) is 0 Å². The molecule has 0 atom stereocenters. The van der Waals surface area contributed by atoms with Crippen molar-refractivity contribution in [2.24, 2.45) is 0 Å². The second-order valence-corrected chi connectivity index (χ2v) is 2.98. The molecule has 0 aliphatic carbocycles. The quantitative estimate of drug-likeness (QED) is 0.641. The monoisotopic (exact) mass is 176 g/mol. The van der Waals surface area contributed by atoms with Crippen LogP contribution in [0.5, 0.6) is 0 Å². The van der Waals surface area contributed by atoms with Crippen LogP contribution in [0.15, 0.2) is 36.6 Å². The largest absolute Gasteiger partial charge is 0.505 e. The third-order valence-corrected chi connectivity index (χ3v) is 2.02. The fourth-order valence-electron chi connectivity index (χ4n) is 1.19. The highest BCUT2D eigenvalue weighted by Gasteiger charge is 1.90. The molecule has 0 radical (unpaired) electrons. The van der Waals surface area contributed by atoms with Crippen LogP contribution in [0.1, 0.15) is 18.1 Å². The van der Waals surface area contributed by atoms with Crippen molar-refractivity contribution in [1.29, 1.82) is 0 Å². The Morgan fingerprint density at radius 1 is 1.15 bits per heavy atom. The van der Waals surface area contributed by atoms with Gasteiger partial charge in [-0.05, 0) is 30.0 Å². The molecular weight excluding hydrogens is 160 g/mol. The minimum atomic E-state index is 0.942. The first-order valence-corrected chi connectivity index (χ1v) is 4.62. The van der Waals surface area contributed by atoms with E-state index in [0.29, 0.717) is 0 Å². The van der Waals surface area contributed by atoms with Gasteiger partial charge in [-0.1, -0.05) is 31.2 Å². The summed E-state index contributed by atoms with van der Waals surface area (Å²) in [5.74, 6) is 0. The van der Waals surface area contributed by atoms with Crippen molar-refractivity contribution in [1.82, 2.24) is 0 Å². The van der Waals surface area contributed by atoms with Crippen LogP contribution >= 0.6 is 0 Å². The van der Waals surface area contributed by atoms with Crippen molar-refractivity contribution >= 4 is 0 Å². The van der Waals surface area contributed by atoms with Crippen LogP contribution in [-0.4, -0.2) is 7.11 Å². The van der Waals surface area contributed by atoms with Crippen LogP contribution < -0.4 is 0 Å². The van der Waals surface area contributed by atoms with Gasteiger partial charge in [-0.25, -0.2) is 0 Å². The average Bonchev–Trinajstić information content (AvgIpc) is 2.19. The zero-order valence-corrected chi connectivity index (χ0v) is 8.29. The summed E-state index contributed by atoms with van der Waals surface area (Å²) in [6.45, 7) is 2.17. The summed E-state index contributed by atoms with van der Waals surface area (Å²) in [4.78, 5) is 0. The molecule has 0 N–H and O–H groups in total. The second kappa shape index (κ2) is 5.41. The molecule has 0 saturated heterocycles. The smallest absolute Gasteiger partial charge is 0.0788 e. The Kier molecular flexibility index (Phi) is 4.10. The Morgan fingerprint density at radius 3 is 2.31 bits per heavy atom. The predicted molar refractivity (Wildman–Crippen MR) is 55.7 cm³/mol. The number of ether oxygens (including phenoxy) is 1. The summed E-state index contributed by atoms with van der Waals surface area (Å²) in [5, 5.41) is 0. The molecule has 1 aromatic carbocycles. The van der Waals surface area contributed by atoms with Crippen LogP contribution in [0, 0.1) is 0 Å². The van der Waals surface area contributed by atoms with Crippen molar-refractivity contribution in [3.8, 4) is 0 Å². The number of benzene rings is 1. The maximum absolute atomic E-state index is 4.83. The van der Waals surface area contributed by atoms with E-state index in [9.17, 15) is 0 Å². The number of hydrogen-bond donors (Lipinski definition) is 0. The number of allylic oxidation sites excluding steroid dienone is 1. The van der Waals surface area contributed by atoms with Gasteiger partial charge in [-0.3, -0.25) is 0 Å². The molecule has 1 heteroatoms. The highest BCUT2D eigenvalue weighted by atomic mass is 16.5. The normalized spacial score (nSPS) is 10.6. The topological polar surface area (TPSA) is 9.23 Å². The van der Waals surface area contributed by atoms with Crippen molar-refractivity contribution in [3.05, 3.63) is 47.7 Å². The molecule has 0 spiro atoms. The first-order valence-electron chi connectivity index (χ1n) is 4.62. The van der Waals surface area contributed by atoms with Gasteiger partial charge >= 0.3 is 0 Å². The van der Waals surface area contributed by atoms with E-state index in [4.69, 9.17) is 4.74 Å². The van der Waals surface area contributed by atoms with Gasteiger partial charge in [-0.15, -0.1) is 0 Å². The average molecular weight is 176 g/mol. The number of rotatable bonds is 4. The SMILES string of the molecule is CCc1ccc(C/C=C/OC)cc1.